The second-order valence-corrected chi connectivity index (χ2v) is 8.79. The second kappa shape index (κ2) is 9.83. The molecule has 4 rings (SSSR count). The molecular weight excluding hydrogens is 416 g/mol. The van der Waals surface area contributed by atoms with Crippen LogP contribution in [0.3, 0.4) is 0 Å². The monoisotopic (exact) mass is 442 g/mol. The largest absolute Gasteiger partial charge is 0.325 e. The molecule has 0 radical (unpaired) electrons. The minimum atomic E-state index is -0.0581. The molecule has 0 saturated heterocycles. The summed E-state index contributed by atoms with van der Waals surface area (Å²) in [5.41, 5.74) is 6.36. The summed E-state index contributed by atoms with van der Waals surface area (Å²) < 4.78 is 2.04. The van der Waals surface area contributed by atoms with Gasteiger partial charge in [-0.3, -0.25) is 9.36 Å². The van der Waals surface area contributed by atoms with Gasteiger partial charge in [0.15, 0.2) is 5.16 Å². The Kier molecular flexibility index (Phi) is 6.71. The number of nitrogens with zero attached hydrogens (tertiary/aromatic N) is 3. The van der Waals surface area contributed by atoms with Gasteiger partial charge >= 0.3 is 0 Å². The first-order valence-electron chi connectivity index (χ1n) is 10.6. The first-order valence-corrected chi connectivity index (χ1v) is 11.5. The van der Waals surface area contributed by atoms with E-state index in [0.29, 0.717) is 11.6 Å². The van der Waals surface area contributed by atoms with E-state index in [-0.39, 0.29) is 11.7 Å². The van der Waals surface area contributed by atoms with Crippen molar-refractivity contribution in [2.24, 2.45) is 0 Å². The number of rotatable bonds is 7. The molecule has 32 heavy (non-hydrogen) atoms. The molecule has 1 heterocycles. The number of carbonyl (C=O) groups is 1. The van der Waals surface area contributed by atoms with E-state index in [2.05, 4.69) is 46.7 Å². The van der Waals surface area contributed by atoms with Crippen molar-refractivity contribution in [3.8, 4) is 5.69 Å². The molecule has 5 nitrogen and oxygen atoms in total. The van der Waals surface area contributed by atoms with E-state index in [9.17, 15) is 4.79 Å². The Morgan fingerprint density at radius 1 is 0.906 bits per heavy atom. The predicted molar refractivity (Wildman–Crippen MR) is 131 cm³/mol. The van der Waals surface area contributed by atoms with E-state index < -0.39 is 0 Å². The topological polar surface area (TPSA) is 59.8 Å². The molecule has 0 bridgehead atoms. The van der Waals surface area contributed by atoms with Crippen molar-refractivity contribution in [1.82, 2.24) is 14.8 Å². The summed E-state index contributed by atoms with van der Waals surface area (Å²) in [5.74, 6) is 1.04. The van der Waals surface area contributed by atoms with Crippen LogP contribution in [-0.4, -0.2) is 26.4 Å². The van der Waals surface area contributed by atoms with Gasteiger partial charge in [-0.05, 0) is 49.6 Å². The van der Waals surface area contributed by atoms with Crippen molar-refractivity contribution in [1.29, 1.82) is 0 Å². The van der Waals surface area contributed by atoms with Gasteiger partial charge in [0.2, 0.25) is 5.91 Å². The smallest absolute Gasteiger partial charge is 0.234 e. The van der Waals surface area contributed by atoms with Gasteiger partial charge in [-0.2, -0.15) is 0 Å². The van der Waals surface area contributed by atoms with E-state index >= 15 is 0 Å². The van der Waals surface area contributed by atoms with Gasteiger partial charge < -0.3 is 5.32 Å². The molecule has 4 aromatic rings. The van der Waals surface area contributed by atoms with E-state index in [1.54, 1.807) is 0 Å². The van der Waals surface area contributed by atoms with E-state index in [4.69, 9.17) is 0 Å². The Morgan fingerprint density at radius 2 is 1.53 bits per heavy atom. The number of carbonyl (C=O) groups excluding carboxylic acids is 1. The molecule has 0 saturated carbocycles. The number of aryl methyl sites for hydroxylation is 3. The number of thioether (sulfide) groups is 1. The van der Waals surface area contributed by atoms with Crippen LogP contribution in [0.15, 0.2) is 78.0 Å². The van der Waals surface area contributed by atoms with Crippen LogP contribution < -0.4 is 5.32 Å². The van der Waals surface area contributed by atoms with Crippen LogP contribution in [0.5, 0.6) is 0 Å². The average Bonchev–Trinajstić information content (AvgIpc) is 3.18. The van der Waals surface area contributed by atoms with E-state index in [0.717, 1.165) is 33.9 Å². The quantitative estimate of drug-likeness (QED) is 0.383. The van der Waals surface area contributed by atoms with Crippen LogP contribution in [0.25, 0.3) is 5.69 Å². The number of anilines is 1. The molecule has 1 amide bonds. The normalized spacial score (nSPS) is 10.8. The number of amides is 1. The molecule has 0 atom stereocenters. The third kappa shape index (κ3) is 5.08. The summed E-state index contributed by atoms with van der Waals surface area (Å²) in [6.45, 7) is 6.10. The highest BCUT2D eigenvalue weighted by atomic mass is 32.2. The maximum absolute atomic E-state index is 12.7. The number of hydrogen-bond donors (Lipinski definition) is 1. The molecule has 0 spiro atoms. The van der Waals surface area contributed by atoms with Gasteiger partial charge in [0.25, 0.3) is 0 Å². The number of nitrogens with one attached hydrogen (secondary N) is 1. The Hall–Kier alpha value is -3.38. The molecule has 162 valence electrons. The summed E-state index contributed by atoms with van der Waals surface area (Å²) in [5, 5.41) is 12.6. The lowest BCUT2D eigenvalue weighted by Crippen LogP contribution is -2.16. The Labute approximate surface area is 192 Å². The van der Waals surface area contributed by atoms with Gasteiger partial charge in [-0.1, -0.05) is 78.0 Å². The van der Waals surface area contributed by atoms with Crippen molar-refractivity contribution in [2.45, 2.75) is 32.3 Å². The number of hydrogen-bond acceptors (Lipinski definition) is 4. The van der Waals surface area contributed by atoms with E-state index in [1.807, 2.05) is 66.9 Å². The van der Waals surface area contributed by atoms with Crippen molar-refractivity contribution in [2.75, 3.05) is 11.1 Å². The lowest BCUT2D eigenvalue weighted by molar-refractivity contribution is -0.113. The summed E-state index contributed by atoms with van der Waals surface area (Å²) in [7, 11) is 0. The SMILES string of the molecule is Cc1cc(C)c(NC(=O)CSc2nnc(Cc3ccccc3)n2-c2ccccc2)c(C)c1. The van der Waals surface area contributed by atoms with Crippen LogP contribution in [0.1, 0.15) is 28.1 Å². The van der Waals surface area contributed by atoms with E-state index in [1.165, 1.54) is 17.3 Å². The Balaban J connectivity index is 1.54. The highest BCUT2D eigenvalue weighted by molar-refractivity contribution is 7.99. The molecular formula is C26H26N4OS. The van der Waals surface area contributed by atoms with Crippen molar-refractivity contribution >= 4 is 23.4 Å². The standard InChI is InChI=1S/C26H26N4OS/c1-18-14-19(2)25(20(3)15-18)27-24(31)17-32-26-29-28-23(16-21-10-6-4-7-11-21)30(26)22-12-8-5-9-13-22/h4-15H,16-17H2,1-3H3,(H,27,31). The fraction of sp³-hybridized carbons (Fsp3) is 0.192. The maximum Gasteiger partial charge on any atom is 0.234 e. The highest BCUT2D eigenvalue weighted by Gasteiger charge is 2.17. The van der Waals surface area contributed by atoms with Crippen molar-refractivity contribution < 1.29 is 4.79 Å². The Bertz CT molecular complexity index is 1200. The summed E-state index contributed by atoms with van der Waals surface area (Å²) in [6.07, 6.45) is 0.664. The van der Waals surface area contributed by atoms with Crippen molar-refractivity contribution in [3.63, 3.8) is 0 Å². The fourth-order valence-corrected chi connectivity index (χ4v) is 4.58. The summed E-state index contributed by atoms with van der Waals surface area (Å²) >= 11 is 1.39. The van der Waals surface area contributed by atoms with Gasteiger partial charge in [-0.25, -0.2) is 0 Å². The zero-order valence-corrected chi connectivity index (χ0v) is 19.3. The Morgan fingerprint density at radius 3 is 2.19 bits per heavy atom. The second-order valence-electron chi connectivity index (χ2n) is 7.84. The van der Waals surface area contributed by atoms with Crippen LogP contribution in [0.2, 0.25) is 0 Å². The van der Waals surface area contributed by atoms with Crippen LogP contribution >= 0.6 is 11.8 Å². The highest BCUT2D eigenvalue weighted by Crippen LogP contribution is 2.25. The molecule has 1 aromatic heterocycles. The lowest BCUT2D eigenvalue weighted by atomic mass is 10.1. The zero-order chi connectivity index (χ0) is 22.5. The minimum Gasteiger partial charge on any atom is -0.325 e. The fourth-order valence-electron chi connectivity index (χ4n) is 3.81. The lowest BCUT2D eigenvalue weighted by Gasteiger charge is -2.13. The average molecular weight is 443 g/mol. The molecule has 0 unspecified atom stereocenters. The first kappa shape index (κ1) is 21.8. The first-order chi connectivity index (χ1) is 15.5. The molecule has 0 aliphatic carbocycles. The van der Waals surface area contributed by atoms with Gasteiger partial charge in [0.1, 0.15) is 5.82 Å². The number of benzene rings is 3. The molecule has 1 N–H and O–H groups in total. The minimum absolute atomic E-state index is 0.0581. The van der Waals surface area contributed by atoms with Crippen LogP contribution in [0.4, 0.5) is 5.69 Å². The number of aromatic nitrogens is 3. The molecule has 0 aliphatic heterocycles. The van der Waals surface area contributed by atoms with Crippen molar-refractivity contribution in [3.05, 3.63) is 101 Å². The van der Waals surface area contributed by atoms with Gasteiger partial charge in [0, 0.05) is 17.8 Å². The van der Waals surface area contributed by atoms with Gasteiger partial charge in [-0.15, -0.1) is 10.2 Å². The molecule has 3 aromatic carbocycles. The summed E-state index contributed by atoms with van der Waals surface area (Å²) in [4.78, 5) is 12.7. The molecule has 6 heteroatoms. The predicted octanol–water partition coefficient (Wildman–Crippen LogP) is 5.51. The number of para-hydroxylation sites is 1. The molecule has 0 fully saturated rings. The maximum atomic E-state index is 12.7. The third-order valence-electron chi connectivity index (χ3n) is 5.19. The summed E-state index contributed by atoms with van der Waals surface area (Å²) in [6, 6.07) is 24.4. The van der Waals surface area contributed by atoms with Gasteiger partial charge in [0.05, 0.1) is 5.75 Å². The zero-order valence-electron chi connectivity index (χ0n) is 18.5. The van der Waals surface area contributed by atoms with Crippen LogP contribution in [0, 0.1) is 20.8 Å². The van der Waals surface area contributed by atoms with Crippen LogP contribution in [-0.2, 0) is 11.2 Å². The third-order valence-corrected chi connectivity index (χ3v) is 6.12. The molecule has 0 aliphatic rings.